The van der Waals surface area contributed by atoms with Crippen LogP contribution in [0, 0.1) is 12.7 Å². The van der Waals surface area contributed by atoms with Crippen LogP contribution in [-0.4, -0.2) is 22.4 Å². The molecule has 5 nitrogen and oxygen atoms in total. The van der Waals surface area contributed by atoms with Gasteiger partial charge in [-0.2, -0.15) is 0 Å². The van der Waals surface area contributed by atoms with E-state index in [2.05, 4.69) is 15.3 Å². The Morgan fingerprint density at radius 3 is 2.64 bits per heavy atom. The summed E-state index contributed by atoms with van der Waals surface area (Å²) in [7, 11) is 0. The number of nitrogens with one attached hydrogen (secondary N) is 1. The van der Waals surface area contributed by atoms with Crippen molar-refractivity contribution in [2.75, 3.05) is 6.54 Å². The van der Waals surface area contributed by atoms with E-state index in [0.29, 0.717) is 13.0 Å². The van der Waals surface area contributed by atoms with E-state index in [4.69, 9.17) is 4.42 Å². The summed E-state index contributed by atoms with van der Waals surface area (Å²) in [6.45, 7) is 2.24. The lowest BCUT2D eigenvalue weighted by Gasteiger charge is -2.15. The fourth-order valence-electron chi connectivity index (χ4n) is 2.59. The summed E-state index contributed by atoms with van der Waals surface area (Å²) in [5.41, 5.74) is 1.97. The highest BCUT2D eigenvalue weighted by Crippen LogP contribution is 2.28. The van der Waals surface area contributed by atoms with Gasteiger partial charge in [-0.15, -0.1) is 0 Å². The first-order valence-electron chi connectivity index (χ1n) is 7.99. The van der Waals surface area contributed by atoms with Gasteiger partial charge in [-0.25, -0.2) is 9.37 Å². The van der Waals surface area contributed by atoms with Crippen molar-refractivity contribution in [2.45, 2.75) is 19.3 Å². The third kappa shape index (κ3) is 4.29. The van der Waals surface area contributed by atoms with Crippen molar-refractivity contribution in [3.8, 4) is 0 Å². The molecule has 0 unspecified atom stereocenters. The molecule has 2 heterocycles. The number of rotatable bonds is 6. The SMILES string of the molecule is Cc1cnc(C(=O)NCC[C@H](c2ccc(F)cc2)c2ccco2)cn1. The van der Waals surface area contributed by atoms with E-state index < -0.39 is 0 Å². The lowest BCUT2D eigenvalue weighted by atomic mass is 9.93. The van der Waals surface area contributed by atoms with E-state index in [1.165, 1.54) is 18.3 Å². The van der Waals surface area contributed by atoms with Gasteiger partial charge in [-0.1, -0.05) is 12.1 Å². The Kier molecular flexibility index (Phi) is 5.18. The maximum Gasteiger partial charge on any atom is 0.271 e. The molecule has 1 aromatic carbocycles. The van der Waals surface area contributed by atoms with Crippen molar-refractivity contribution >= 4 is 5.91 Å². The van der Waals surface area contributed by atoms with Crippen LogP contribution in [0.3, 0.4) is 0 Å². The van der Waals surface area contributed by atoms with E-state index in [0.717, 1.165) is 17.0 Å². The zero-order chi connectivity index (χ0) is 17.6. The molecule has 2 aromatic heterocycles. The quantitative estimate of drug-likeness (QED) is 0.747. The summed E-state index contributed by atoms with van der Waals surface area (Å²) in [4.78, 5) is 20.2. The van der Waals surface area contributed by atoms with E-state index in [-0.39, 0.29) is 23.3 Å². The second-order valence-electron chi connectivity index (χ2n) is 5.71. The predicted octanol–water partition coefficient (Wildman–Crippen LogP) is 3.47. The molecule has 0 aliphatic heterocycles. The van der Waals surface area contributed by atoms with Crippen LogP contribution in [-0.2, 0) is 0 Å². The third-order valence-electron chi connectivity index (χ3n) is 3.89. The van der Waals surface area contributed by atoms with Crippen LogP contribution in [0.15, 0.2) is 59.5 Å². The van der Waals surface area contributed by atoms with Crippen molar-refractivity contribution in [3.63, 3.8) is 0 Å². The molecule has 0 radical (unpaired) electrons. The largest absolute Gasteiger partial charge is 0.469 e. The lowest BCUT2D eigenvalue weighted by Crippen LogP contribution is -2.26. The normalized spacial score (nSPS) is 11.9. The average molecular weight is 339 g/mol. The zero-order valence-electron chi connectivity index (χ0n) is 13.8. The molecule has 0 saturated heterocycles. The van der Waals surface area contributed by atoms with Gasteiger partial charge in [0.1, 0.15) is 17.3 Å². The number of nitrogens with zero attached hydrogens (tertiary/aromatic N) is 2. The third-order valence-corrected chi connectivity index (χ3v) is 3.89. The number of carbonyl (C=O) groups excluding carboxylic acids is 1. The molecule has 0 bridgehead atoms. The summed E-state index contributed by atoms with van der Waals surface area (Å²) in [6, 6.07) is 10.00. The van der Waals surface area contributed by atoms with Crippen molar-refractivity contribution in [2.24, 2.45) is 0 Å². The first kappa shape index (κ1) is 16.8. The first-order chi connectivity index (χ1) is 12.1. The van der Waals surface area contributed by atoms with Gasteiger partial charge in [0.2, 0.25) is 0 Å². The number of amides is 1. The smallest absolute Gasteiger partial charge is 0.271 e. The Hall–Kier alpha value is -3.02. The summed E-state index contributed by atoms with van der Waals surface area (Å²) < 4.78 is 18.7. The van der Waals surface area contributed by atoms with E-state index in [9.17, 15) is 9.18 Å². The molecular weight excluding hydrogens is 321 g/mol. The average Bonchev–Trinajstić information content (AvgIpc) is 3.14. The Bertz CT molecular complexity index is 815. The zero-order valence-corrected chi connectivity index (χ0v) is 13.8. The number of aryl methyl sites for hydroxylation is 1. The summed E-state index contributed by atoms with van der Waals surface area (Å²) in [5, 5.41) is 2.83. The monoisotopic (exact) mass is 339 g/mol. The van der Waals surface area contributed by atoms with Crippen LogP contribution in [0.5, 0.6) is 0 Å². The van der Waals surface area contributed by atoms with Gasteiger partial charge in [0.05, 0.1) is 18.2 Å². The molecule has 3 aromatic rings. The van der Waals surface area contributed by atoms with Crippen LogP contribution < -0.4 is 5.32 Å². The Morgan fingerprint density at radius 2 is 2.00 bits per heavy atom. The maximum absolute atomic E-state index is 13.2. The van der Waals surface area contributed by atoms with Gasteiger partial charge < -0.3 is 9.73 Å². The van der Waals surface area contributed by atoms with E-state index >= 15 is 0 Å². The summed E-state index contributed by atoms with van der Waals surface area (Å²) in [6.07, 6.45) is 5.23. The van der Waals surface area contributed by atoms with Crippen molar-refractivity contribution < 1.29 is 13.6 Å². The molecular formula is C19H18FN3O2. The van der Waals surface area contributed by atoms with Gasteiger partial charge >= 0.3 is 0 Å². The Labute approximate surface area is 144 Å². The first-order valence-corrected chi connectivity index (χ1v) is 7.99. The van der Waals surface area contributed by atoms with Crippen molar-refractivity contribution in [1.29, 1.82) is 0 Å². The second-order valence-corrected chi connectivity index (χ2v) is 5.71. The molecule has 0 saturated carbocycles. The number of aromatic nitrogens is 2. The van der Waals surface area contributed by atoms with Crippen LogP contribution in [0.1, 0.15) is 39.8 Å². The molecule has 25 heavy (non-hydrogen) atoms. The highest BCUT2D eigenvalue weighted by atomic mass is 19.1. The number of hydrogen-bond acceptors (Lipinski definition) is 4. The molecule has 0 fully saturated rings. The minimum atomic E-state index is -0.284. The van der Waals surface area contributed by atoms with Gasteiger partial charge in [0, 0.05) is 18.7 Å². The van der Waals surface area contributed by atoms with Gasteiger partial charge in [0.15, 0.2) is 0 Å². The molecule has 0 aliphatic carbocycles. The van der Waals surface area contributed by atoms with Crippen LogP contribution in [0.2, 0.25) is 0 Å². The van der Waals surface area contributed by atoms with E-state index in [1.807, 2.05) is 19.1 Å². The topological polar surface area (TPSA) is 68.0 Å². The molecule has 1 N–H and O–H groups in total. The lowest BCUT2D eigenvalue weighted by molar-refractivity contribution is 0.0947. The number of benzene rings is 1. The summed E-state index contributed by atoms with van der Waals surface area (Å²) in [5.74, 6) is 0.147. The predicted molar refractivity (Wildman–Crippen MR) is 90.7 cm³/mol. The minimum absolute atomic E-state index is 0.0694. The Balaban J connectivity index is 1.66. The van der Waals surface area contributed by atoms with Crippen molar-refractivity contribution in [3.05, 3.63) is 83.6 Å². The van der Waals surface area contributed by atoms with Crippen LogP contribution in [0.25, 0.3) is 0 Å². The van der Waals surface area contributed by atoms with Crippen LogP contribution in [0.4, 0.5) is 4.39 Å². The number of carbonyl (C=O) groups is 1. The molecule has 1 atom stereocenters. The highest BCUT2D eigenvalue weighted by molar-refractivity contribution is 5.91. The molecule has 0 aliphatic rings. The molecule has 1 amide bonds. The molecule has 3 rings (SSSR count). The van der Waals surface area contributed by atoms with Crippen molar-refractivity contribution in [1.82, 2.24) is 15.3 Å². The Morgan fingerprint density at radius 1 is 1.20 bits per heavy atom. The minimum Gasteiger partial charge on any atom is -0.469 e. The number of halogens is 1. The number of furan rings is 1. The molecule has 6 heteroatoms. The maximum atomic E-state index is 13.2. The van der Waals surface area contributed by atoms with Gasteiger partial charge in [-0.05, 0) is 43.2 Å². The fraction of sp³-hybridized carbons (Fsp3) is 0.211. The number of hydrogen-bond donors (Lipinski definition) is 1. The highest BCUT2D eigenvalue weighted by Gasteiger charge is 2.18. The van der Waals surface area contributed by atoms with E-state index in [1.54, 1.807) is 24.6 Å². The van der Waals surface area contributed by atoms with Crippen LogP contribution >= 0.6 is 0 Å². The fourth-order valence-corrected chi connectivity index (χ4v) is 2.59. The molecule has 128 valence electrons. The van der Waals surface area contributed by atoms with Gasteiger partial charge in [-0.3, -0.25) is 9.78 Å². The molecule has 0 spiro atoms. The second kappa shape index (κ2) is 7.70. The van der Waals surface area contributed by atoms with Gasteiger partial charge in [0.25, 0.3) is 5.91 Å². The summed E-state index contributed by atoms with van der Waals surface area (Å²) >= 11 is 0. The standard InChI is InChI=1S/C19H18FN3O2/c1-13-11-23-17(12-22-13)19(24)21-9-8-16(18-3-2-10-25-18)14-4-6-15(20)7-5-14/h2-7,10-12,16H,8-9H2,1H3,(H,21,24)/t16-/m1/s1.